The number of hydrogen-bond acceptors (Lipinski definition) is 5. The fourth-order valence-corrected chi connectivity index (χ4v) is 3.23. The first-order valence-electron chi connectivity index (χ1n) is 9.22. The number of nitrogens with two attached hydrogens (primary N) is 1. The Hall–Kier alpha value is -3.39. The van der Waals surface area contributed by atoms with Gasteiger partial charge in [0, 0.05) is 12.2 Å². The van der Waals surface area contributed by atoms with E-state index in [2.05, 4.69) is 5.32 Å². The number of ketones is 1. The molecule has 0 unspecified atom stereocenters. The first kappa shape index (κ1) is 21.3. The molecule has 0 radical (unpaired) electrons. The SMILES string of the molecule is CCn1c(=O)c(C(=O)CNc2ccc(F)c(Cl)c2)c(N)n(Cc2ccccc2)c1=O. The molecular formula is C21H20ClFN4O3. The van der Waals surface area contributed by atoms with E-state index in [0.29, 0.717) is 5.69 Å². The van der Waals surface area contributed by atoms with Crippen molar-refractivity contribution < 1.29 is 9.18 Å². The molecular weight excluding hydrogens is 411 g/mol. The third-order valence-corrected chi connectivity index (χ3v) is 4.91. The van der Waals surface area contributed by atoms with Gasteiger partial charge in [-0.1, -0.05) is 41.9 Å². The lowest BCUT2D eigenvalue weighted by Gasteiger charge is -2.16. The second-order valence-electron chi connectivity index (χ2n) is 6.57. The van der Waals surface area contributed by atoms with Crippen molar-refractivity contribution in [3.8, 4) is 0 Å². The Labute approximate surface area is 176 Å². The third kappa shape index (κ3) is 4.28. The molecule has 0 aliphatic heterocycles. The van der Waals surface area contributed by atoms with Gasteiger partial charge < -0.3 is 11.1 Å². The van der Waals surface area contributed by atoms with Gasteiger partial charge in [-0.05, 0) is 30.7 Å². The Morgan fingerprint density at radius 3 is 2.47 bits per heavy atom. The number of halogens is 2. The van der Waals surface area contributed by atoms with Gasteiger partial charge in [0.15, 0.2) is 5.78 Å². The zero-order valence-electron chi connectivity index (χ0n) is 16.2. The highest BCUT2D eigenvalue weighted by molar-refractivity contribution is 6.31. The number of nitrogen functional groups attached to an aromatic ring is 1. The maximum atomic E-state index is 13.3. The summed E-state index contributed by atoms with van der Waals surface area (Å²) < 4.78 is 15.5. The highest BCUT2D eigenvalue weighted by atomic mass is 35.5. The van der Waals surface area contributed by atoms with Crippen molar-refractivity contribution >= 4 is 28.9 Å². The lowest BCUT2D eigenvalue weighted by Crippen LogP contribution is -2.44. The summed E-state index contributed by atoms with van der Waals surface area (Å²) in [4.78, 5) is 38.3. The molecule has 0 aliphatic rings. The van der Waals surface area contributed by atoms with E-state index in [0.717, 1.165) is 16.2 Å². The normalized spacial score (nSPS) is 10.8. The molecule has 0 amide bonds. The van der Waals surface area contributed by atoms with E-state index in [-0.39, 0.29) is 36.0 Å². The van der Waals surface area contributed by atoms with Gasteiger partial charge in [0.2, 0.25) is 0 Å². The van der Waals surface area contributed by atoms with Gasteiger partial charge in [-0.15, -0.1) is 0 Å². The number of hydrogen-bond donors (Lipinski definition) is 2. The van der Waals surface area contributed by atoms with Crippen molar-refractivity contribution in [1.29, 1.82) is 0 Å². The van der Waals surface area contributed by atoms with Crippen molar-refractivity contribution in [3.63, 3.8) is 0 Å². The van der Waals surface area contributed by atoms with Crippen LogP contribution in [0.2, 0.25) is 5.02 Å². The van der Waals surface area contributed by atoms with Gasteiger partial charge in [-0.2, -0.15) is 0 Å². The Morgan fingerprint density at radius 2 is 1.83 bits per heavy atom. The van der Waals surface area contributed by atoms with E-state index in [1.165, 1.54) is 16.7 Å². The molecule has 7 nitrogen and oxygen atoms in total. The van der Waals surface area contributed by atoms with E-state index in [9.17, 15) is 18.8 Å². The summed E-state index contributed by atoms with van der Waals surface area (Å²) in [6, 6.07) is 13.0. The van der Waals surface area contributed by atoms with Crippen LogP contribution in [0.1, 0.15) is 22.8 Å². The Morgan fingerprint density at radius 1 is 1.13 bits per heavy atom. The van der Waals surface area contributed by atoms with Gasteiger partial charge in [0.25, 0.3) is 5.56 Å². The molecule has 2 aromatic carbocycles. The average molecular weight is 431 g/mol. The predicted octanol–water partition coefficient (Wildman–Crippen LogP) is 2.75. The lowest BCUT2D eigenvalue weighted by atomic mass is 10.1. The maximum Gasteiger partial charge on any atom is 0.332 e. The fraction of sp³-hybridized carbons (Fsp3) is 0.190. The van der Waals surface area contributed by atoms with Gasteiger partial charge in [0.05, 0.1) is 18.1 Å². The van der Waals surface area contributed by atoms with E-state index in [1.807, 2.05) is 30.3 Å². The summed E-state index contributed by atoms with van der Waals surface area (Å²) in [6.07, 6.45) is 0. The molecule has 3 rings (SSSR count). The van der Waals surface area contributed by atoms with Crippen LogP contribution >= 0.6 is 11.6 Å². The molecule has 0 saturated carbocycles. The number of aromatic nitrogens is 2. The molecule has 0 fully saturated rings. The van der Waals surface area contributed by atoms with Crippen LogP contribution in [0.15, 0.2) is 58.1 Å². The van der Waals surface area contributed by atoms with Crippen LogP contribution in [0.3, 0.4) is 0 Å². The lowest BCUT2D eigenvalue weighted by molar-refractivity contribution is 0.100. The smallest absolute Gasteiger partial charge is 0.332 e. The van der Waals surface area contributed by atoms with E-state index >= 15 is 0 Å². The number of rotatable bonds is 7. The van der Waals surface area contributed by atoms with Crippen molar-refractivity contribution in [2.45, 2.75) is 20.0 Å². The quantitative estimate of drug-likeness (QED) is 0.561. The molecule has 3 N–H and O–H groups in total. The molecule has 9 heteroatoms. The largest absolute Gasteiger partial charge is 0.384 e. The number of nitrogens with zero attached hydrogens (tertiary/aromatic N) is 2. The molecule has 0 atom stereocenters. The highest BCUT2D eigenvalue weighted by Crippen LogP contribution is 2.19. The molecule has 0 saturated heterocycles. The minimum Gasteiger partial charge on any atom is -0.384 e. The van der Waals surface area contributed by atoms with Gasteiger partial charge in [0.1, 0.15) is 17.2 Å². The summed E-state index contributed by atoms with van der Waals surface area (Å²) in [7, 11) is 0. The van der Waals surface area contributed by atoms with Crippen molar-refractivity contribution in [3.05, 3.63) is 91.3 Å². The van der Waals surface area contributed by atoms with Gasteiger partial charge in [-0.25, -0.2) is 9.18 Å². The summed E-state index contributed by atoms with van der Waals surface area (Å²) in [5.41, 5.74) is 5.70. The fourth-order valence-electron chi connectivity index (χ4n) is 3.05. The first-order valence-corrected chi connectivity index (χ1v) is 9.60. The van der Waals surface area contributed by atoms with Crippen LogP contribution in [0.5, 0.6) is 0 Å². The molecule has 0 aliphatic carbocycles. The molecule has 3 aromatic rings. The molecule has 1 aromatic heterocycles. The van der Waals surface area contributed by atoms with Gasteiger partial charge >= 0.3 is 5.69 Å². The third-order valence-electron chi connectivity index (χ3n) is 4.62. The second-order valence-corrected chi connectivity index (χ2v) is 6.98. The average Bonchev–Trinajstić information content (AvgIpc) is 2.73. The molecule has 1 heterocycles. The summed E-state index contributed by atoms with van der Waals surface area (Å²) in [6.45, 7) is 1.56. The second kappa shape index (κ2) is 8.96. The monoisotopic (exact) mass is 430 g/mol. The molecule has 30 heavy (non-hydrogen) atoms. The van der Waals surface area contributed by atoms with E-state index in [1.54, 1.807) is 6.92 Å². The maximum absolute atomic E-state index is 13.3. The van der Waals surface area contributed by atoms with Gasteiger partial charge in [-0.3, -0.25) is 18.7 Å². The minimum absolute atomic E-state index is 0.0913. The molecule has 0 bridgehead atoms. The van der Waals surface area contributed by atoms with E-state index < -0.39 is 22.8 Å². The Balaban J connectivity index is 1.97. The number of Topliss-reactive ketones (excluding diaryl/α,β-unsaturated/α-hetero) is 1. The van der Waals surface area contributed by atoms with Crippen LogP contribution in [0, 0.1) is 5.82 Å². The Bertz CT molecular complexity index is 1210. The first-order chi connectivity index (χ1) is 14.3. The number of carbonyl (C=O) groups is 1. The van der Waals surface area contributed by atoms with Crippen LogP contribution in [-0.2, 0) is 13.1 Å². The number of nitrogens with one attached hydrogen (secondary N) is 1. The van der Waals surface area contributed by atoms with E-state index in [4.69, 9.17) is 17.3 Å². The summed E-state index contributed by atoms with van der Waals surface area (Å²) >= 11 is 5.74. The van der Waals surface area contributed by atoms with Crippen LogP contribution in [-0.4, -0.2) is 21.5 Å². The van der Waals surface area contributed by atoms with Crippen molar-refractivity contribution in [2.75, 3.05) is 17.6 Å². The minimum atomic E-state index is -0.742. The Kier molecular flexibility index (Phi) is 6.37. The van der Waals surface area contributed by atoms with Crippen molar-refractivity contribution in [2.24, 2.45) is 0 Å². The summed E-state index contributed by atoms with van der Waals surface area (Å²) in [5, 5.41) is 2.69. The van der Waals surface area contributed by atoms with Crippen LogP contribution in [0.4, 0.5) is 15.9 Å². The predicted molar refractivity (Wildman–Crippen MR) is 115 cm³/mol. The molecule has 156 valence electrons. The molecule has 0 spiro atoms. The zero-order valence-corrected chi connectivity index (χ0v) is 16.9. The standard InChI is InChI=1S/C21H20ClFN4O3/c1-2-26-20(29)18(17(28)11-25-14-8-9-16(23)15(22)10-14)19(24)27(21(26)30)12-13-6-4-3-5-7-13/h3-10,25H,2,11-12,24H2,1H3. The van der Waals surface area contributed by atoms with Crippen LogP contribution in [0.25, 0.3) is 0 Å². The number of carbonyl (C=O) groups excluding carboxylic acids is 1. The highest BCUT2D eigenvalue weighted by Gasteiger charge is 2.22. The zero-order chi connectivity index (χ0) is 21.8. The summed E-state index contributed by atoms with van der Waals surface area (Å²) in [5.74, 6) is -1.37. The number of anilines is 2. The van der Waals surface area contributed by atoms with Crippen molar-refractivity contribution in [1.82, 2.24) is 9.13 Å². The topological polar surface area (TPSA) is 99.1 Å². The van der Waals surface area contributed by atoms with Crippen LogP contribution < -0.4 is 22.3 Å². The number of benzene rings is 2.